The normalized spacial score (nSPS) is 12.8. The molecule has 130 valence electrons. The Kier molecular flexibility index (Phi) is 4.79. The van der Waals surface area contributed by atoms with Crippen LogP contribution in [0.15, 0.2) is 42.5 Å². The summed E-state index contributed by atoms with van der Waals surface area (Å²) in [5.41, 5.74) is 1.97. The van der Waals surface area contributed by atoms with Crippen molar-refractivity contribution in [2.45, 2.75) is 19.8 Å². The molecule has 0 unspecified atom stereocenters. The molecule has 4 nitrogen and oxygen atoms in total. The summed E-state index contributed by atoms with van der Waals surface area (Å²) in [5.74, 6) is -2.07. The van der Waals surface area contributed by atoms with Crippen LogP contribution >= 0.6 is 0 Å². The van der Waals surface area contributed by atoms with E-state index < -0.39 is 17.5 Å². The van der Waals surface area contributed by atoms with Crippen LogP contribution in [0.25, 0.3) is 0 Å². The Balaban J connectivity index is 1.72. The van der Waals surface area contributed by atoms with E-state index in [-0.39, 0.29) is 24.6 Å². The molecule has 0 aliphatic carbocycles. The zero-order valence-corrected chi connectivity index (χ0v) is 13.8. The fraction of sp³-hybridized carbons (Fsp3) is 0.263. The Hall–Kier alpha value is -2.76. The summed E-state index contributed by atoms with van der Waals surface area (Å²) in [6.07, 6.45) is 0.857. The van der Waals surface area contributed by atoms with Crippen molar-refractivity contribution in [1.29, 1.82) is 0 Å². The third-order valence-electron chi connectivity index (χ3n) is 4.32. The van der Waals surface area contributed by atoms with Crippen LogP contribution in [0.4, 0.5) is 20.2 Å². The lowest BCUT2D eigenvalue weighted by Crippen LogP contribution is -2.36. The highest BCUT2D eigenvalue weighted by Gasteiger charge is 2.25. The zero-order valence-electron chi connectivity index (χ0n) is 13.8. The van der Waals surface area contributed by atoms with E-state index in [1.54, 1.807) is 4.90 Å². The SMILES string of the molecule is CC(=O)N(CCC(=O)N1CCc2ccccc21)c1ccc(F)cc1F. The molecule has 0 bridgehead atoms. The van der Waals surface area contributed by atoms with E-state index in [4.69, 9.17) is 0 Å². The number of benzene rings is 2. The number of rotatable bonds is 4. The monoisotopic (exact) mass is 344 g/mol. The van der Waals surface area contributed by atoms with Gasteiger partial charge in [-0.2, -0.15) is 0 Å². The van der Waals surface area contributed by atoms with Gasteiger partial charge in [0.1, 0.15) is 11.6 Å². The van der Waals surface area contributed by atoms with Crippen molar-refractivity contribution in [3.05, 3.63) is 59.7 Å². The number of amides is 2. The highest BCUT2D eigenvalue weighted by Crippen LogP contribution is 2.28. The molecule has 0 fully saturated rings. The first-order valence-electron chi connectivity index (χ1n) is 8.09. The van der Waals surface area contributed by atoms with E-state index in [0.29, 0.717) is 6.54 Å². The van der Waals surface area contributed by atoms with Gasteiger partial charge in [-0.1, -0.05) is 18.2 Å². The van der Waals surface area contributed by atoms with Crippen LogP contribution in [0, 0.1) is 11.6 Å². The summed E-state index contributed by atoms with van der Waals surface area (Å²) >= 11 is 0. The minimum absolute atomic E-state index is 0.0245. The molecule has 1 aliphatic rings. The second-order valence-electron chi connectivity index (χ2n) is 5.94. The molecule has 0 saturated heterocycles. The lowest BCUT2D eigenvalue weighted by molar-refractivity contribution is -0.118. The minimum Gasteiger partial charge on any atom is -0.312 e. The molecular formula is C19H18F2N2O2. The highest BCUT2D eigenvalue weighted by atomic mass is 19.1. The lowest BCUT2D eigenvalue weighted by atomic mass is 10.2. The van der Waals surface area contributed by atoms with Gasteiger partial charge in [-0.05, 0) is 30.2 Å². The van der Waals surface area contributed by atoms with Crippen molar-refractivity contribution in [3.63, 3.8) is 0 Å². The quantitative estimate of drug-likeness (QED) is 0.854. The van der Waals surface area contributed by atoms with Crippen molar-refractivity contribution < 1.29 is 18.4 Å². The Bertz CT molecular complexity index is 823. The van der Waals surface area contributed by atoms with Gasteiger partial charge in [-0.15, -0.1) is 0 Å². The van der Waals surface area contributed by atoms with E-state index >= 15 is 0 Å². The molecule has 1 heterocycles. The van der Waals surface area contributed by atoms with Crippen LogP contribution in [0.1, 0.15) is 18.9 Å². The van der Waals surface area contributed by atoms with Crippen LogP contribution in [0.2, 0.25) is 0 Å². The molecule has 3 rings (SSSR count). The molecule has 0 spiro atoms. The van der Waals surface area contributed by atoms with Gasteiger partial charge in [0.2, 0.25) is 11.8 Å². The van der Waals surface area contributed by atoms with Crippen LogP contribution in [0.3, 0.4) is 0 Å². The lowest BCUT2D eigenvalue weighted by Gasteiger charge is -2.23. The van der Waals surface area contributed by atoms with Gasteiger partial charge in [0.25, 0.3) is 0 Å². The minimum atomic E-state index is -0.825. The average molecular weight is 344 g/mol. The molecule has 0 radical (unpaired) electrons. The van der Waals surface area contributed by atoms with Crippen molar-refractivity contribution >= 4 is 23.2 Å². The standard InChI is InChI=1S/C19H18F2N2O2/c1-13(24)22(18-7-6-15(20)12-16(18)21)11-9-19(25)23-10-8-14-4-2-3-5-17(14)23/h2-7,12H,8-11H2,1H3. The third-order valence-corrected chi connectivity index (χ3v) is 4.32. The number of halogens is 2. The molecule has 0 aromatic heterocycles. The molecular weight excluding hydrogens is 326 g/mol. The summed E-state index contributed by atoms with van der Waals surface area (Å²) in [6, 6.07) is 10.7. The molecule has 0 N–H and O–H groups in total. The van der Waals surface area contributed by atoms with E-state index in [2.05, 4.69) is 0 Å². The van der Waals surface area contributed by atoms with E-state index in [9.17, 15) is 18.4 Å². The fourth-order valence-electron chi connectivity index (χ4n) is 3.09. The number of para-hydroxylation sites is 1. The van der Waals surface area contributed by atoms with Crippen LogP contribution < -0.4 is 9.80 Å². The summed E-state index contributed by atoms with van der Waals surface area (Å²) in [7, 11) is 0. The molecule has 2 aromatic rings. The van der Waals surface area contributed by atoms with E-state index in [1.807, 2.05) is 24.3 Å². The highest BCUT2D eigenvalue weighted by molar-refractivity contribution is 5.97. The largest absolute Gasteiger partial charge is 0.312 e. The molecule has 1 aliphatic heterocycles. The van der Waals surface area contributed by atoms with Crippen molar-refractivity contribution in [2.75, 3.05) is 22.9 Å². The van der Waals surface area contributed by atoms with Crippen LogP contribution in [-0.2, 0) is 16.0 Å². The van der Waals surface area contributed by atoms with Gasteiger partial charge in [-0.25, -0.2) is 8.78 Å². The Morgan fingerprint density at radius 2 is 1.92 bits per heavy atom. The Labute approximate surface area is 144 Å². The molecule has 0 saturated carbocycles. The number of fused-ring (bicyclic) bond motifs is 1. The van der Waals surface area contributed by atoms with Crippen molar-refractivity contribution in [1.82, 2.24) is 0 Å². The number of hydrogen-bond acceptors (Lipinski definition) is 2. The molecule has 0 atom stereocenters. The van der Waals surface area contributed by atoms with Gasteiger partial charge in [0.15, 0.2) is 0 Å². The number of anilines is 2. The summed E-state index contributed by atoms with van der Waals surface area (Å²) < 4.78 is 27.0. The van der Waals surface area contributed by atoms with Gasteiger partial charge in [-0.3, -0.25) is 9.59 Å². The zero-order chi connectivity index (χ0) is 18.0. The maximum atomic E-state index is 14.0. The van der Waals surface area contributed by atoms with E-state index in [0.717, 1.165) is 34.7 Å². The fourth-order valence-corrected chi connectivity index (χ4v) is 3.09. The number of carbonyl (C=O) groups is 2. The Morgan fingerprint density at radius 1 is 1.16 bits per heavy atom. The first-order chi connectivity index (χ1) is 12.0. The second-order valence-corrected chi connectivity index (χ2v) is 5.94. The van der Waals surface area contributed by atoms with Gasteiger partial charge >= 0.3 is 0 Å². The first kappa shape index (κ1) is 17.1. The molecule has 6 heteroatoms. The molecule has 25 heavy (non-hydrogen) atoms. The van der Waals surface area contributed by atoms with E-state index in [1.165, 1.54) is 13.0 Å². The maximum Gasteiger partial charge on any atom is 0.228 e. The third kappa shape index (κ3) is 3.52. The van der Waals surface area contributed by atoms with Gasteiger partial charge in [0.05, 0.1) is 5.69 Å². The van der Waals surface area contributed by atoms with Crippen LogP contribution in [0.5, 0.6) is 0 Å². The number of nitrogens with zero attached hydrogens (tertiary/aromatic N) is 2. The smallest absolute Gasteiger partial charge is 0.228 e. The van der Waals surface area contributed by atoms with Gasteiger partial charge < -0.3 is 9.80 Å². The summed E-state index contributed by atoms with van der Waals surface area (Å²) in [4.78, 5) is 27.2. The molecule has 2 aromatic carbocycles. The maximum absolute atomic E-state index is 14.0. The topological polar surface area (TPSA) is 40.6 Å². The predicted octanol–water partition coefficient (Wildman–Crippen LogP) is 3.30. The summed E-state index contributed by atoms with van der Waals surface area (Å²) in [5, 5.41) is 0. The number of carbonyl (C=O) groups excluding carboxylic acids is 2. The van der Waals surface area contributed by atoms with Crippen molar-refractivity contribution in [2.24, 2.45) is 0 Å². The number of hydrogen-bond donors (Lipinski definition) is 0. The van der Waals surface area contributed by atoms with Crippen molar-refractivity contribution in [3.8, 4) is 0 Å². The summed E-state index contributed by atoms with van der Waals surface area (Å²) in [6.45, 7) is 1.93. The molecule has 2 amide bonds. The first-order valence-corrected chi connectivity index (χ1v) is 8.09. The van der Waals surface area contributed by atoms with Gasteiger partial charge in [0, 0.05) is 38.2 Å². The average Bonchev–Trinajstić information content (AvgIpc) is 3.00. The second kappa shape index (κ2) is 7.01. The predicted molar refractivity (Wildman–Crippen MR) is 91.5 cm³/mol. The Morgan fingerprint density at radius 3 is 2.64 bits per heavy atom. The van der Waals surface area contributed by atoms with Crippen LogP contribution in [-0.4, -0.2) is 24.9 Å².